The molecule has 0 saturated carbocycles. The summed E-state index contributed by atoms with van der Waals surface area (Å²) in [5.41, 5.74) is 3.49. The summed E-state index contributed by atoms with van der Waals surface area (Å²) in [6.07, 6.45) is 0. The van der Waals surface area contributed by atoms with Gasteiger partial charge in [0.25, 0.3) is 0 Å². The zero-order valence-electron chi connectivity index (χ0n) is 9.36. The molecule has 0 heterocycles. The van der Waals surface area contributed by atoms with Crippen molar-refractivity contribution in [2.24, 2.45) is 0 Å². The van der Waals surface area contributed by atoms with Gasteiger partial charge in [-0.3, -0.25) is 0 Å². The number of phenols is 2. The van der Waals surface area contributed by atoms with Crippen molar-refractivity contribution in [3.63, 3.8) is 0 Å². The van der Waals surface area contributed by atoms with Crippen LogP contribution in [0.4, 0.5) is 0 Å². The Kier molecular flexibility index (Phi) is 2.57. The first kappa shape index (κ1) is 10.6. The third-order valence-corrected chi connectivity index (χ3v) is 2.75. The number of benzene rings is 2. The van der Waals surface area contributed by atoms with E-state index >= 15 is 0 Å². The van der Waals surface area contributed by atoms with Gasteiger partial charge in [0.15, 0.2) is 0 Å². The van der Waals surface area contributed by atoms with E-state index in [-0.39, 0.29) is 11.5 Å². The Morgan fingerprint density at radius 3 is 1.62 bits per heavy atom. The van der Waals surface area contributed by atoms with Crippen LogP contribution in [0.5, 0.6) is 11.5 Å². The van der Waals surface area contributed by atoms with Gasteiger partial charge in [-0.05, 0) is 42.7 Å². The van der Waals surface area contributed by atoms with Gasteiger partial charge in [0.2, 0.25) is 0 Å². The van der Waals surface area contributed by atoms with Gasteiger partial charge >= 0.3 is 0 Å². The molecule has 0 aliphatic rings. The van der Waals surface area contributed by atoms with E-state index in [1.165, 1.54) is 0 Å². The van der Waals surface area contributed by atoms with Crippen LogP contribution in [0.25, 0.3) is 11.1 Å². The molecule has 2 aromatic rings. The van der Waals surface area contributed by atoms with E-state index in [2.05, 4.69) is 0 Å². The third-order valence-electron chi connectivity index (χ3n) is 2.75. The largest absolute Gasteiger partial charge is 0.507 e. The van der Waals surface area contributed by atoms with Crippen molar-refractivity contribution in [2.45, 2.75) is 13.8 Å². The maximum atomic E-state index is 9.83. The Hall–Kier alpha value is -1.96. The van der Waals surface area contributed by atoms with Crippen LogP contribution in [0, 0.1) is 13.8 Å². The molecule has 0 aromatic heterocycles. The number of aryl methyl sites for hydroxylation is 2. The fourth-order valence-corrected chi connectivity index (χ4v) is 1.99. The van der Waals surface area contributed by atoms with E-state index in [4.69, 9.17) is 0 Å². The van der Waals surface area contributed by atoms with Crippen molar-refractivity contribution in [1.29, 1.82) is 0 Å². The molecule has 0 atom stereocenters. The zero-order chi connectivity index (χ0) is 11.7. The lowest BCUT2D eigenvalue weighted by Crippen LogP contribution is -1.88. The molecule has 0 saturated heterocycles. The minimum atomic E-state index is 0.109. The van der Waals surface area contributed by atoms with E-state index in [1.54, 1.807) is 18.2 Å². The van der Waals surface area contributed by atoms with Gasteiger partial charge in [-0.1, -0.05) is 24.3 Å². The topological polar surface area (TPSA) is 40.5 Å². The molecule has 0 spiro atoms. The van der Waals surface area contributed by atoms with E-state index in [9.17, 15) is 10.2 Å². The van der Waals surface area contributed by atoms with Crippen LogP contribution in [0.1, 0.15) is 11.1 Å². The molecule has 0 radical (unpaired) electrons. The SMILES string of the molecule is Cc1cccc(C)c1-c1c(O)cccc1O. The maximum Gasteiger partial charge on any atom is 0.127 e. The van der Waals surface area contributed by atoms with Gasteiger partial charge in [-0.25, -0.2) is 0 Å². The second-order valence-corrected chi connectivity index (χ2v) is 3.94. The predicted molar refractivity (Wildman–Crippen MR) is 64.7 cm³/mol. The smallest absolute Gasteiger partial charge is 0.127 e. The molecule has 16 heavy (non-hydrogen) atoms. The molecule has 0 unspecified atom stereocenters. The van der Waals surface area contributed by atoms with Crippen LogP contribution in [0.3, 0.4) is 0 Å². The number of aromatic hydroxyl groups is 2. The summed E-state index contributed by atoms with van der Waals surface area (Å²) < 4.78 is 0. The lowest BCUT2D eigenvalue weighted by molar-refractivity contribution is 0.454. The fraction of sp³-hybridized carbons (Fsp3) is 0.143. The van der Waals surface area contributed by atoms with Gasteiger partial charge in [0, 0.05) is 0 Å². The lowest BCUT2D eigenvalue weighted by Gasteiger charge is -2.12. The van der Waals surface area contributed by atoms with Crippen molar-refractivity contribution in [3.05, 3.63) is 47.5 Å². The minimum absolute atomic E-state index is 0.109. The minimum Gasteiger partial charge on any atom is -0.507 e. The van der Waals surface area contributed by atoms with Gasteiger partial charge in [0.05, 0.1) is 5.56 Å². The Labute approximate surface area is 94.8 Å². The third kappa shape index (κ3) is 1.63. The average Bonchev–Trinajstić information content (AvgIpc) is 2.21. The van der Waals surface area contributed by atoms with Crippen LogP contribution >= 0.6 is 0 Å². The zero-order valence-corrected chi connectivity index (χ0v) is 9.36. The molecule has 2 aromatic carbocycles. The van der Waals surface area contributed by atoms with Gasteiger partial charge in [0.1, 0.15) is 11.5 Å². The number of hydrogen-bond donors (Lipinski definition) is 2. The molecule has 2 rings (SSSR count). The van der Waals surface area contributed by atoms with Gasteiger partial charge < -0.3 is 10.2 Å². The number of hydrogen-bond acceptors (Lipinski definition) is 2. The molecular formula is C14H14O2. The average molecular weight is 214 g/mol. The first-order valence-corrected chi connectivity index (χ1v) is 5.19. The standard InChI is InChI=1S/C14H14O2/c1-9-5-3-6-10(2)13(9)14-11(15)7-4-8-12(14)16/h3-8,15-16H,1-2H3. The second kappa shape index (κ2) is 3.89. The number of phenolic OH excluding ortho intramolecular Hbond substituents is 2. The van der Waals surface area contributed by atoms with Crippen LogP contribution < -0.4 is 0 Å². The van der Waals surface area contributed by atoms with E-state index in [0.717, 1.165) is 16.7 Å². The first-order chi connectivity index (χ1) is 7.61. The highest BCUT2D eigenvalue weighted by molar-refractivity contribution is 5.80. The fourth-order valence-electron chi connectivity index (χ4n) is 1.99. The molecule has 0 amide bonds. The van der Waals surface area contributed by atoms with E-state index in [1.807, 2.05) is 32.0 Å². The van der Waals surface area contributed by atoms with Gasteiger partial charge in [-0.2, -0.15) is 0 Å². The summed E-state index contributed by atoms with van der Waals surface area (Å²) in [7, 11) is 0. The molecular weight excluding hydrogens is 200 g/mol. The van der Waals surface area contributed by atoms with Crippen molar-refractivity contribution in [3.8, 4) is 22.6 Å². The molecule has 0 bridgehead atoms. The number of rotatable bonds is 1. The normalized spacial score (nSPS) is 10.4. The van der Waals surface area contributed by atoms with Crippen molar-refractivity contribution < 1.29 is 10.2 Å². The van der Waals surface area contributed by atoms with Crippen LogP contribution in [0.2, 0.25) is 0 Å². The Morgan fingerprint density at radius 2 is 1.12 bits per heavy atom. The Morgan fingerprint density at radius 1 is 0.688 bits per heavy atom. The van der Waals surface area contributed by atoms with Crippen molar-refractivity contribution in [1.82, 2.24) is 0 Å². The maximum absolute atomic E-state index is 9.83. The molecule has 0 aliphatic carbocycles. The summed E-state index contributed by atoms with van der Waals surface area (Å²) in [6.45, 7) is 3.93. The van der Waals surface area contributed by atoms with E-state index in [0.29, 0.717) is 5.56 Å². The Balaban J connectivity index is 2.77. The van der Waals surface area contributed by atoms with Crippen LogP contribution in [-0.2, 0) is 0 Å². The predicted octanol–water partition coefficient (Wildman–Crippen LogP) is 3.38. The lowest BCUT2D eigenvalue weighted by atomic mass is 9.94. The second-order valence-electron chi connectivity index (χ2n) is 3.94. The van der Waals surface area contributed by atoms with Gasteiger partial charge in [-0.15, -0.1) is 0 Å². The Bertz CT molecular complexity index is 440. The molecule has 0 aliphatic heterocycles. The van der Waals surface area contributed by atoms with Crippen molar-refractivity contribution >= 4 is 0 Å². The van der Waals surface area contributed by atoms with Crippen LogP contribution in [-0.4, -0.2) is 10.2 Å². The highest BCUT2D eigenvalue weighted by atomic mass is 16.3. The molecule has 2 heteroatoms. The molecule has 82 valence electrons. The highest BCUT2D eigenvalue weighted by Crippen LogP contribution is 2.39. The van der Waals surface area contributed by atoms with Crippen molar-refractivity contribution in [2.75, 3.05) is 0 Å². The summed E-state index contributed by atoms with van der Waals surface area (Å²) in [4.78, 5) is 0. The van der Waals surface area contributed by atoms with E-state index < -0.39 is 0 Å². The quantitative estimate of drug-likeness (QED) is 0.764. The van der Waals surface area contributed by atoms with Crippen LogP contribution in [0.15, 0.2) is 36.4 Å². The first-order valence-electron chi connectivity index (χ1n) is 5.19. The molecule has 2 N–H and O–H groups in total. The molecule has 2 nitrogen and oxygen atoms in total. The summed E-state index contributed by atoms with van der Waals surface area (Å²) in [6, 6.07) is 10.7. The molecule has 0 fully saturated rings. The monoisotopic (exact) mass is 214 g/mol. The summed E-state index contributed by atoms with van der Waals surface area (Å²) >= 11 is 0. The summed E-state index contributed by atoms with van der Waals surface area (Å²) in [5.74, 6) is 0.217. The highest BCUT2D eigenvalue weighted by Gasteiger charge is 2.13. The summed E-state index contributed by atoms with van der Waals surface area (Å²) in [5, 5.41) is 19.7.